The minimum absolute atomic E-state index is 0.214. The van der Waals surface area contributed by atoms with Gasteiger partial charge in [0.15, 0.2) is 0 Å². The second-order valence-electron chi connectivity index (χ2n) is 15.6. The highest BCUT2D eigenvalue weighted by Crippen LogP contribution is 2.37. The van der Waals surface area contributed by atoms with Crippen LogP contribution in [-0.2, 0) is 19.1 Å². The average molecular weight is 831 g/mol. The topological polar surface area (TPSA) is 175 Å². The number of benzene rings is 5. The number of fused-ring (bicyclic) bond motifs is 2. The number of likely N-dealkylation sites (tertiary alicyclic amines) is 2. The van der Waals surface area contributed by atoms with Crippen molar-refractivity contribution >= 4 is 46.1 Å². The molecule has 4 amide bonds. The Bertz CT molecular complexity index is 2560. The fourth-order valence-corrected chi connectivity index (χ4v) is 8.77. The Hall–Kier alpha value is -7.48. The van der Waals surface area contributed by atoms with E-state index in [9.17, 15) is 19.2 Å². The molecule has 14 nitrogen and oxygen atoms in total. The predicted octanol–water partition coefficient (Wildman–Crippen LogP) is 8.29. The van der Waals surface area contributed by atoms with Crippen molar-refractivity contribution in [2.45, 2.75) is 49.9 Å². The number of hydrogen-bond donors (Lipinski definition) is 4. The summed E-state index contributed by atoms with van der Waals surface area (Å²) in [6.07, 6.45) is 1.77. The van der Waals surface area contributed by atoms with Gasteiger partial charge in [-0.15, -0.1) is 0 Å². The number of hydrogen-bond acceptors (Lipinski definition) is 8. The Morgan fingerprint density at radius 1 is 0.565 bits per heavy atom. The molecule has 9 rings (SSSR count). The number of methoxy groups -OCH3 is 2. The Balaban J connectivity index is 0.910. The lowest BCUT2D eigenvalue weighted by atomic mass is 10.00. The number of carbonyl (C=O) groups is 4. The van der Waals surface area contributed by atoms with Gasteiger partial charge in [-0.3, -0.25) is 9.59 Å². The molecule has 5 aromatic carbocycles. The van der Waals surface area contributed by atoms with Crippen LogP contribution in [0.25, 0.3) is 44.3 Å². The number of aromatic amines is 2. The molecule has 62 heavy (non-hydrogen) atoms. The summed E-state index contributed by atoms with van der Waals surface area (Å²) in [6.45, 7) is 1.10. The normalized spacial score (nSPS) is 17.2. The number of H-pyrrole nitrogens is 2. The van der Waals surface area contributed by atoms with Gasteiger partial charge < -0.3 is 39.9 Å². The van der Waals surface area contributed by atoms with Crippen molar-refractivity contribution in [1.82, 2.24) is 40.4 Å². The monoisotopic (exact) mass is 830 g/mol. The SMILES string of the molecule is COC(=O)N[C@@H](C(=O)N1CCC[C@@H]1c1nc2ccc(-c3ccc(-c4ccc5nc([C@@H]6CCCN6C(=O)[C@H](NC(=O)OC)c6ccccc6)[nH]c5c4)cc3)cc2[nH]1)c1ccccc1. The number of alkyl carbamates (subject to hydrolysis) is 2. The number of nitrogens with zero attached hydrogens (tertiary/aromatic N) is 4. The van der Waals surface area contributed by atoms with Crippen LogP contribution < -0.4 is 10.6 Å². The van der Waals surface area contributed by atoms with Crippen molar-refractivity contribution in [1.29, 1.82) is 0 Å². The summed E-state index contributed by atoms with van der Waals surface area (Å²) in [5.41, 5.74) is 8.81. The molecule has 2 fully saturated rings. The zero-order valence-electron chi connectivity index (χ0n) is 34.3. The fourth-order valence-electron chi connectivity index (χ4n) is 8.77. The molecule has 7 aromatic rings. The lowest BCUT2D eigenvalue weighted by molar-refractivity contribution is -0.135. The van der Waals surface area contributed by atoms with Gasteiger partial charge in [0, 0.05) is 13.1 Å². The van der Waals surface area contributed by atoms with Crippen LogP contribution in [0.2, 0.25) is 0 Å². The van der Waals surface area contributed by atoms with E-state index in [1.54, 1.807) is 9.80 Å². The number of imidazole rings is 2. The highest BCUT2D eigenvalue weighted by Gasteiger charge is 2.38. The quantitative estimate of drug-likeness (QED) is 0.107. The molecular weight excluding hydrogens is 785 g/mol. The molecule has 2 aliphatic rings. The van der Waals surface area contributed by atoms with Gasteiger partial charge in [-0.05, 0) is 83.3 Å². The molecule has 14 heteroatoms. The van der Waals surface area contributed by atoms with Gasteiger partial charge in [-0.25, -0.2) is 19.6 Å². The highest BCUT2D eigenvalue weighted by atomic mass is 16.5. The number of ether oxygens (including phenoxy) is 2. The minimum Gasteiger partial charge on any atom is -0.453 e. The Kier molecular flexibility index (Phi) is 11.1. The van der Waals surface area contributed by atoms with Crippen LogP contribution in [0.15, 0.2) is 121 Å². The smallest absolute Gasteiger partial charge is 0.407 e. The number of nitrogens with one attached hydrogen (secondary N) is 4. The van der Waals surface area contributed by atoms with E-state index in [0.717, 1.165) is 70.0 Å². The summed E-state index contributed by atoms with van der Waals surface area (Å²) in [5.74, 6) is 0.987. The van der Waals surface area contributed by atoms with Crippen molar-refractivity contribution in [3.63, 3.8) is 0 Å². The van der Waals surface area contributed by atoms with E-state index in [0.29, 0.717) is 35.9 Å². The third-order valence-corrected chi connectivity index (χ3v) is 11.9. The predicted molar refractivity (Wildman–Crippen MR) is 233 cm³/mol. The molecule has 0 aliphatic carbocycles. The standard InChI is InChI=1S/C48H46N8O6/c1-61-47(59)53-41(31-11-5-3-6-12-31)45(57)55-25-9-15-39(55)43-49-35-23-21-33(27-37(35)51-43)29-17-19-30(20-18-29)34-22-24-36-38(28-34)52-44(50-36)40-16-10-26-56(40)46(58)42(54-48(60)62-2)32-13-7-4-8-14-32/h3-8,11-14,17-24,27-28,39-42H,9-10,15-16,25-26H2,1-2H3,(H,49,51)(H,50,52)(H,53,59)(H,54,60)/t39-,40+,41-,42-/m1/s1. The first-order chi connectivity index (χ1) is 30.3. The fraction of sp³-hybridized carbons (Fsp3) is 0.250. The maximum absolute atomic E-state index is 14.0. The van der Waals surface area contributed by atoms with Crippen molar-refractivity contribution < 1.29 is 28.7 Å². The van der Waals surface area contributed by atoms with Crippen LogP contribution in [0.3, 0.4) is 0 Å². The first-order valence-corrected chi connectivity index (χ1v) is 20.8. The Labute approximate surface area is 357 Å². The van der Waals surface area contributed by atoms with Gasteiger partial charge in [-0.1, -0.05) is 97.1 Å². The van der Waals surface area contributed by atoms with Crippen molar-refractivity contribution in [3.05, 3.63) is 144 Å². The molecule has 2 aliphatic heterocycles. The van der Waals surface area contributed by atoms with Gasteiger partial charge in [-0.2, -0.15) is 0 Å². The van der Waals surface area contributed by atoms with E-state index in [-0.39, 0.29) is 23.9 Å². The maximum Gasteiger partial charge on any atom is 0.407 e. The minimum atomic E-state index is -0.889. The summed E-state index contributed by atoms with van der Waals surface area (Å²) in [5, 5.41) is 5.45. The van der Waals surface area contributed by atoms with Crippen LogP contribution in [0.1, 0.15) is 72.6 Å². The lowest BCUT2D eigenvalue weighted by Crippen LogP contribution is -2.42. The molecule has 4 atom stereocenters. The summed E-state index contributed by atoms with van der Waals surface area (Å²) >= 11 is 0. The van der Waals surface area contributed by atoms with E-state index in [1.165, 1.54) is 14.2 Å². The third kappa shape index (κ3) is 7.94. The molecule has 4 heterocycles. The van der Waals surface area contributed by atoms with Gasteiger partial charge in [0.2, 0.25) is 0 Å². The van der Waals surface area contributed by atoms with Gasteiger partial charge in [0.25, 0.3) is 11.8 Å². The van der Waals surface area contributed by atoms with Crippen LogP contribution >= 0.6 is 0 Å². The molecule has 314 valence electrons. The van der Waals surface area contributed by atoms with Crippen molar-refractivity contribution in [2.24, 2.45) is 0 Å². The van der Waals surface area contributed by atoms with Crippen molar-refractivity contribution in [2.75, 3.05) is 27.3 Å². The van der Waals surface area contributed by atoms with E-state index in [4.69, 9.17) is 19.4 Å². The van der Waals surface area contributed by atoms with Crippen LogP contribution in [0.4, 0.5) is 9.59 Å². The van der Waals surface area contributed by atoms with E-state index >= 15 is 0 Å². The first kappa shape index (κ1) is 40.0. The summed E-state index contributed by atoms with van der Waals surface area (Å²) in [4.78, 5) is 73.0. The molecule has 2 aromatic heterocycles. The number of rotatable bonds is 10. The summed E-state index contributed by atoms with van der Waals surface area (Å²) < 4.78 is 9.69. The van der Waals surface area contributed by atoms with E-state index in [1.807, 2.05) is 84.9 Å². The molecular formula is C48H46N8O6. The molecule has 4 N–H and O–H groups in total. The molecule has 0 saturated carbocycles. The largest absolute Gasteiger partial charge is 0.453 e. The third-order valence-electron chi connectivity index (χ3n) is 11.9. The molecule has 0 unspecified atom stereocenters. The number of carbonyl (C=O) groups excluding carboxylic acids is 4. The lowest BCUT2D eigenvalue weighted by Gasteiger charge is -2.28. The van der Waals surface area contributed by atoms with Gasteiger partial charge in [0.1, 0.15) is 23.7 Å². The summed E-state index contributed by atoms with van der Waals surface area (Å²) in [6, 6.07) is 36.7. The van der Waals surface area contributed by atoms with Crippen LogP contribution in [0, 0.1) is 0 Å². The summed E-state index contributed by atoms with van der Waals surface area (Å²) in [7, 11) is 2.56. The van der Waals surface area contributed by atoms with E-state index < -0.39 is 24.3 Å². The Morgan fingerprint density at radius 2 is 0.952 bits per heavy atom. The highest BCUT2D eigenvalue weighted by molar-refractivity contribution is 5.89. The van der Waals surface area contributed by atoms with Gasteiger partial charge in [0.05, 0.1) is 48.4 Å². The zero-order valence-corrected chi connectivity index (χ0v) is 34.3. The average Bonchev–Trinajstić information content (AvgIpc) is 4.16. The molecule has 0 spiro atoms. The molecule has 2 saturated heterocycles. The van der Waals surface area contributed by atoms with Crippen LogP contribution in [0.5, 0.6) is 0 Å². The maximum atomic E-state index is 14.0. The Morgan fingerprint density at radius 3 is 1.34 bits per heavy atom. The van der Waals surface area contributed by atoms with Gasteiger partial charge >= 0.3 is 12.2 Å². The molecule has 0 radical (unpaired) electrons. The second kappa shape index (κ2) is 17.2. The first-order valence-electron chi connectivity index (χ1n) is 20.8. The zero-order chi connectivity index (χ0) is 42.7. The number of aromatic nitrogens is 4. The van der Waals surface area contributed by atoms with Crippen molar-refractivity contribution in [3.8, 4) is 22.3 Å². The number of amides is 4. The van der Waals surface area contributed by atoms with Crippen LogP contribution in [-0.4, -0.2) is 81.0 Å². The van der Waals surface area contributed by atoms with E-state index in [2.05, 4.69) is 57.0 Å². The molecule has 0 bridgehead atoms. The second-order valence-corrected chi connectivity index (χ2v) is 15.6.